The summed E-state index contributed by atoms with van der Waals surface area (Å²) in [5.41, 5.74) is 6.03. The Hall–Kier alpha value is -0.620. The fourth-order valence-electron chi connectivity index (χ4n) is 2.22. The number of rotatable bonds is 4. The molecule has 0 bridgehead atoms. The Bertz CT molecular complexity index is 418. The molecule has 112 valence electrons. The molecule has 0 aromatic heterocycles. The van der Waals surface area contributed by atoms with E-state index in [1.807, 2.05) is 0 Å². The fourth-order valence-corrected chi connectivity index (χ4v) is 2.56. The average Bonchev–Trinajstić information content (AvgIpc) is 2.49. The summed E-state index contributed by atoms with van der Waals surface area (Å²) in [4.78, 5) is 12.1. The highest BCUT2D eigenvalue weighted by Gasteiger charge is 2.33. The van der Waals surface area contributed by atoms with Crippen LogP contribution < -0.4 is 11.1 Å². The van der Waals surface area contributed by atoms with E-state index in [0.29, 0.717) is 0 Å². The second kappa shape index (κ2) is 6.22. The van der Waals surface area contributed by atoms with Gasteiger partial charge in [-0.15, -0.1) is 0 Å². The van der Waals surface area contributed by atoms with Crippen LogP contribution in [0.25, 0.3) is 0 Å². The summed E-state index contributed by atoms with van der Waals surface area (Å²) in [6.45, 7) is 3.37. The molecule has 0 aromatic carbocycles. The van der Waals surface area contributed by atoms with Gasteiger partial charge in [0.2, 0.25) is 5.91 Å². The van der Waals surface area contributed by atoms with Crippen molar-refractivity contribution in [2.45, 2.75) is 56.7 Å². The van der Waals surface area contributed by atoms with Crippen molar-refractivity contribution in [2.24, 2.45) is 11.7 Å². The highest BCUT2D eigenvalue weighted by molar-refractivity contribution is 7.92. The van der Waals surface area contributed by atoms with Gasteiger partial charge < -0.3 is 11.1 Å². The van der Waals surface area contributed by atoms with Crippen LogP contribution in [0.3, 0.4) is 0 Å². The van der Waals surface area contributed by atoms with Crippen LogP contribution in [0.5, 0.6) is 0 Å². The number of amides is 1. The molecule has 0 radical (unpaired) electrons. The molecule has 2 atom stereocenters. The molecule has 1 aliphatic carbocycles. The van der Waals surface area contributed by atoms with Gasteiger partial charge in [0.05, 0.1) is 10.7 Å². The van der Waals surface area contributed by atoms with Crippen LogP contribution in [0.2, 0.25) is 0 Å². The van der Waals surface area contributed by atoms with Crippen LogP contribution in [0.15, 0.2) is 0 Å². The predicted molar refractivity (Wildman–Crippen MR) is 76.5 cm³/mol. The summed E-state index contributed by atoms with van der Waals surface area (Å²) in [7, 11) is -3.20. The molecule has 1 rings (SSSR count). The second-order valence-electron chi connectivity index (χ2n) is 6.16. The first-order valence-electron chi connectivity index (χ1n) is 6.88. The Morgan fingerprint density at radius 1 is 1.26 bits per heavy atom. The Labute approximate surface area is 116 Å². The smallest absolute Gasteiger partial charge is 0.224 e. The largest absolute Gasteiger partial charge is 0.354 e. The number of nitrogens with two attached hydrogens (primary N) is 1. The van der Waals surface area contributed by atoms with Gasteiger partial charge in [0.25, 0.3) is 0 Å². The van der Waals surface area contributed by atoms with Crippen molar-refractivity contribution >= 4 is 15.7 Å². The van der Waals surface area contributed by atoms with Crippen LogP contribution in [0, 0.1) is 5.92 Å². The van der Waals surface area contributed by atoms with Crippen molar-refractivity contribution in [3.8, 4) is 0 Å². The normalized spacial score (nSPS) is 25.7. The summed E-state index contributed by atoms with van der Waals surface area (Å²) in [5.74, 6) is -0.288. The number of hydrogen-bond donors (Lipinski definition) is 2. The van der Waals surface area contributed by atoms with E-state index in [1.165, 1.54) is 6.26 Å². The maximum atomic E-state index is 12.1. The number of hydrogen-bond acceptors (Lipinski definition) is 4. The van der Waals surface area contributed by atoms with Crippen molar-refractivity contribution in [3.05, 3.63) is 0 Å². The van der Waals surface area contributed by atoms with Gasteiger partial charge in [0, 0.05) is 18.8 Å². The maximum Gasteiger partial charge on any atom is 0.224 e. The molecule has 1 aliphatic rings. The van der Waals surface area contributed by atoms with E-state index in [2.05, 4.69) is 5.32 Å². The fraction of sp³-hybridized carbons (Fsp3) is 0.923. The van der Waals surface area contributed by atoms with E-state index < -0.39 is 14.6 Å². The third kappa shape index (κ3) is 4.45. The van der Waals surface area contributed by atoms with Gasteiger partial charge in [-0.1, -0.05) is 19.3 Å². The molecule has 1 saturated carbocycles. The molecule has 1 amide bonds. The number of sulfone groups is 1. The van der Waals surface area contributed by atoms with Crippen molar-refractivity contribution in [1.29, 1.82) is 0 Å². The zero-order valence-corrected chi connectivity index (χ0v) is 12.9. The van der Waals surface area contributed by atoms with Crippen LogP contribution >= 0.6 is 0 Å². The van der Waals surface area contributed by atoms with Gasteiger partial charge in [0.1, 0.15) is 0 Å². The monoisotopic (exact) mass is 290 g/mol. The standard InChI is InChI=1S/C13H26N2O3S/c1-13(2,19(3,17)18)9-15-12(16)10-7-5-4-6-8-11(10)14/h10-11H,4-9,14H2,1-3H3,(H,15,16). The molecular weight excluding hydrogens is 264 g/mol. The summed E-state index contributed by atoms with van der Waals surface area (Å²) in [5, 5.41) is 2.76. The lowest BCUT2D eigenvalue weighted by Gasteiger charge is -2.26. The summed E-state index contributed by atoms with van der Waals surface area (Å²) >= 11 is 0. The van der Waals surface area contributed by atoms with Crippen molar-refractivity contribution < 1.29 is 13.2 Å². The van der Waals surface area contributed by atoms with Crippen LogP contribution in [0.1, 0.15) is 46.0 Å². The van der Waals surface area contributed by atoms with Gasteiger partial charge in [-0.2, -0.15) is 0 Å². The second-order valence-corrected chi connectivity index (χ2v) is 8.81. The molecule has 0 saturated heterocycles. The summed E-state index contributed by atoms with van der Waals surface area (Å²) < 4.78 is 22.2. The van der Waals surface area contributed by atoms with Crippen molar-refractivity contribution in [3.63, 3.8) is 0 Å². The molecule has 0 aliphatic heterocycles. The quantitative estimate of drug-likeness (QED) is 0.751. The summed E-state index contributed by atoms with van der Waals surface area (Å²) in [6.07, 6.45) is 6.06. The lowest BCUT2D eigenvalue weighted by atomic mass is 9.94. The highest BCUT2D eigenvalue weighted by Crippen LogP contribution is 2.22. The average molecular weight is 290 g/mol. The lowest BCUT2D eigenvalue weighted by molar-refractivity contribution is -0.125. The van der Waals surface area contributed by atoms with E-state index in [0.717, 1.165) is 32.1 Å². The Morgan fingerprint density at radius 3 is 2.42 bits per heavy atom. The number of carbonyl (C=O) groups is 1. The van der Waals surface area contributed by atoms with E-state index in [9.17, 15) is 13.2 Å². The van der Waals surface area contributed by atoms with Crippen LogP contribution in [-0.4, -0.2) is 37.9 Å². The van der Waals surface area contributed by atoms with E-state index in [-0.39, 0.29) is 24.4 Å². The maximum absolute atomic E-state index is 12.1. The first kappa shape index (κ1) is 16.4. The van der Waals surface area contributed by atoms with E-state index >= 15 is 0 Å². The lowest BCUT2D eigenvalue weighted by Crippen LogP contribution is -2.48. The molecule has 1 fully saturated rings. The van der Waals surface area contributed by atoms with E-state index in [4.69, 9.17) is 5.73 Å². The Kier molecular flexibility index (Phi) is 5.38. The first-order chi connectivity index (χ1) is 8.65. The third-order valence-electron chi connectivity index (χ3n) is 4.10. The minimum absolute atomic E-state index is 0.105. The Morgan fingerprint density at radius 2 is 1.84 bits per heavy atom. The first-order valence-corrected chi connectivity index (χ1v) is 8.77. The van der Waals surface area contributed by atoms with Crippen LogP contribution in [0.4, 0.5) is 0 Å². The van der Waals surface area contributed by atoms with Gasteiger partial charge in [0.15, 0.2) is 9.84 Å². The third-order valence-corrected chi connectivity index (χ3v) is 6.25. The molecular formula is C13H26N2O3S. The number of nitrogens with one attached hydrogen (secondary N) is 1. The SMILES string of the molecule is CC(C)(CNC(=O)C1CCCCCC1N)S(C)(=O)=O. The van der Waals surface area contributed by atoms with Gasteiger partial charge in [-0.05, 0) is 26.7 Å². The van der Waals surface area contributed by atoms with Crippen molar-refractivity contribution in [2.75, 3.05) is 12.8 Å². The molecule has 0 heterocycles. The molecule has 0 aromatic rings. The van der Waals surface area contributed by atoms with Crippen LogP contribution in [-0.2, 0) is 14.6 Å². The molecule has 0 spiro atoms. The highest BCUT2D eigenvalue weighted by atomic mass is 32.2. The molecule has 2 unspecified atom stereocenters. The molecule has 6 heteroatoms. The zero-order valence-electron chi connectivity index (χ0n) is 12.1. The molecule has 19 heavy (non-hydrogen) atoms. The van der Waals surface area contributed by atoms with Crippen molar-refractivity contribution in [1.82, 2.24) is 5.32 Å². The van der Waals surface area contributed by atoms with Gasteiger partial charge >= 0.3 is 0 Å². The topological polar surface area (TPSA) is 89.3 Å². The molecule has 3 N–H and O–H groups in total. The predicted octanol–water partition coefficient (Wildman–Crippen LogP) is 0.833. The van der Waals surface area contributed by atoms with Gasteiger partial charge in [-0.25, -0.2) is 8.42 Å². The molecule has 5 nitrogen and oxygen atoms in total. The Balaban J connectivity index is 2.60. The van der Waals surface area contributed by atoms with E-state index in [1.54, 1.807) is 13.8 Å². The number of carbonyl (C=O) groups excluding carboxylic acids is 1. The minimum atomic E-state index is -3.20. The minimum Gasteiger partial charge on any atom is -0.354 e. The zero-order chi connectivity index (χ0) is 14.7. The summed E-state index contributed by atoms with van der Waals surface area (Å²) in [6, 6.07) is -0.108. The van der Waals surface area contributed by atoms with Gasteiger partial charge in [-0.3, -0.25) is 4.79 Å².